The van der Waals surface area contributed by atoms with Crippen molar-refractivity contribution in [2.45, 2.75) is 37.6 Å². The lowest BCUT2D eigenvalue weighted by atomic mass is 9.95. The molecule has 0 atom stereocenters. The summed E-state index contributed by atoms with van der Waals surface area (Å²) in [4.78, 5) is 0. The lowest BCUT2D eigenvalue weighted by Gasteiger charge is -2.23. The largest absolute Gasteiger partial charge is 0.494 e. The quantitative estimate of drug-likeness (QED) is 0.918. The molecule has 0 amide bonds. The van der Waals surface area contributed by atoms with Gasteiger partial charge in [-0.1, -0.05) is 28.8 Å². The number of halogens is 1. The van der Waals surface area contributed by atoms with Gasteiger partial charge in [0, 0.05) is 10.0 Å². The summed E-state index contributed by atoms with van der Waals surface area (Å²) in [6.45, 7) is 0.720. The van der Waals surface area contributed by atoms with Gasteiger partial charge in [-0.25, -0.2) is 0 Å². The Hall–Kier alpha value is -0.540. The van der Waals surface area contributed by atoms with Crippen molar-refractivity contribution in [1.29, 1.82) is 0 Å². The Balaban J connectivity index is 1.77. The summed E-state index contributed by atoms with van der Waals surface area (Å²) in [6.07, 6.45) is 5.81. The second-order valence-corrected chi connectivity index (χ2v) is 5.54. The van der Waals surface area contributed by atoms with Crippen LogP contribution in [0.1, 0.15) is 32.1 Å². The van der Waals surface area contributed by atoms with E-state index in [1.807, 2.05) is 24.3 Å². The van der Waals surface area contributed by atoms with Crippen LogP contribution in [0.2, 0.25) is 0 Å². The average molecular weight is 284 g/mol. The highest BCUT2D eigenvalue weighted by Crippen LogP contribution is 2.30. The van der Waals surface area contributed by atoms with Crippen molar-refractivity contribution in [2.24, 2.45) is 5.73 Å². The van der Waals surface area contributed by atoms with Gasteiger partial charge in [0.05, 0.1) is 6.61 Å². The topological polar surface area (TPSA) is 35.2 Å². The molecule has 0 saturated heterocycles. The molecule has 1 fully saturated rings. The highest BCUT2D eigenvalue weighted by molar-refractivity contribution is 9.10. The number of benzene rings is 1. The predicted molar refractivity (Wildman–Crippen MR) is 69.6 cm³/mol. The van der Waals surface area contributed by atoms with E-state index < -0.39 is 0 Å². The molecule has 0 heterocycles. The first-order chi connectivity index (χ1) is 7.68. The van der Waals surface area contributed by atoms with Crippen LogP contribution in [0.4, 0.5) is 0 Å². The molecule has 88 valence electrons. The molecule has 0 unspecified atom stereocenters. The van der Waals surface area contributed by atoms with Gasteiger partial charge in [0.15, 0.2) is 0 Å². The minimum absolute atomic E-state index is 0.0371. The van der Waals surface area contributed by atoms with Crippen LogP contribution in [0.25, 0.3) is 0 Å². The number of nitrogens with two attached hydrogens (primary N) is 1. The summed E-state index contributed by atoms with van der Waals surface area (Å²) in [5, 5.41) is 0. The molecule has 3 heteroatoms. The SMILES string of the molecule is NC1(CCOc2ccc(Br)cc2)CCCC1. The Morgan fingerprint density at radius 2 is 1.81 bits per heavy atom. The lowest BCUT2D eigenvalue weighted by molar-refractivity contribution is 0.258. The van der Waals surface area contributed by atoms with E-state index in [1.54, 1.807) is 0 Å². The van der Waals surface area contributed by atoms with Crippen LogP contribution < -0.4 is 10.5 Å². The highest BCUT2D eigenvalue weighted by atomic mass is 79.9. The van der Waals surface area contributed by atoms with Gasteiger partial charge in [-0.3, -0.25) is 0 Å². The maximum Gasteiger partial charge on any atom is 0.119 e. The minimum Gasteiger partial charge on any atom is -0.494 e. The van der Waals surface area contributed by atoms with Gasteiger partial charge in [0.2, 0.25) is 0 Å². The van der Waals surface area contributed by atoms with Crippen LogP contribution in [-0.4, -0.2) is 12.1 Å². The second kappa shape index (κ2) is 5.19. The molecule has 0 bridgehead atoms. The van der Waals surface area contributed by atoms with Crippen LogP contribution in [0.3, 0.4) is 0 Å². The van der Waals surface area contributed by atoms with E-state index in [4.69, 9.17) is 10.5 Å². The zero-order chi connectivity index (χ0) is 11.4. The Labute approximate surface area is 105 Å². The second-order valence-electron chi connectivity index (χ2n) is 4.62. The zero-order valence-corrected chi connectivity index (χ0v) is 11.0. The first-order valence-electron chi connectivity index (χ1n) is 5.85. The van der Waals surface area contributed by atoms with Gasteiger partial charge in [0.1, 0.15) is 5.75 Å². The molecule has 1 aromatic rings. The van der Waals surface area contributed by atoms with Crippen molar-refractivity contribution in [3.63, 3.8) is 0 Å². The molecule has 2 N–H and O–H groups in total. The smallest absolute Gasteiger partial charge is 0.119 e. The van der Waals surface area contributed by atoms with E-state index in [0.29, 0.717) is 0 Å². The van der Waals surface area contributed by atoms with E-state index in [0.717, 1.165) is 36.1 Å². The minimum atomic E-state index is 0.0371. The van der Waals surface area contributed by atoms with Crippen molar-refractivity contribution in [3.05, 3.63) is 28.7 Å². The summed E-state index contributed by atoms with van der Waals surface area (Å²) < 4.78 is 6.76. The maximum absolute atomic E-state index is 6.26. The number of ether oxygens (including phenoxy) is 1. The number of rotatable bonds is 4. The van der Waals surface area contributed by atoms with Gasteiger partial charge in [-0.2, -0.15) is 0 Å². The summed E-state index contributed by atoms with van der Waals surface area (Å²) in [7, 11) is 0. The zero-order valence-electron chi connectivity index (χ0n) is 9.42. The first kappa shape index (κ1) is 11.9. The molecule has 0 radical (unpaired) electrons. The number of hydrogen-bond acceptors (Lipinski definition) is 2. The van der Waals surface area contributed by atoms with E-state index in [9.17, 15) is 0 Å². The molecule has 0 aliphatic heterocycles. The summed E-state index contributed by atoms with van der Waals surface area (Å²) in [5.41, 5.74) is 6.30. The fraction of sp³-hybridized carbons (Fsp3) is 0.538. The van der Waals surface area contributed by atoms with E-state index in [1.165, 1.54) is 12.8 Å². The summed E-state index contributed by atoms with van der Waals surface area (Å²) >= 11 is 3.40. The van der Waals surface area contributed by atoms with Crippen molar-refractivity contribution in [1.82, 2.24) is 0 Å². The van der Waals surface area contributed by atoms with Crippen molar-refractivity contribution < 1.29 is 4.74 Å². The maximum atomic E-state index is 6.26. The fourth-order valence-corrected chi connectivity index (χ4v) is 2.50. The fourth-order valence-electron chi connectivity index (χ4n) is 2.23. The molecule has 1 aliphatic carbocycles. The van der Waals surface area contributed by atoms with Gasteiger partial charge >= 0.3 is 0 Å². The normalized spacial score (nSPS) is 18.6. The lowest BCUT2D eigenvalue weighted by Crippen LogP contribution is -2.37. The van der Waals surface area contributed by atoms with Gasteiger partial charge in [-0.15, -0.1) is 0 Å². The third-order valence-corrected chi connectivity index (χ3v) is 3.81. The van der Waals surface area contributed by atoms with Gasteiger partial charge < -0.3 is 10.5 Å². The molecule has 1 aliphatic rings. The van der Waals surface area contributed by atoms with Crippen LogP contribution in [0.15, 0.2) is 28.7 Å². The van der Waals surface area contributed by atoms with E-state index in [-0.39, 0.29) is 5.54 Å². The number of hydrogen-bond donors (Lipinski definition) is 1. The molecule has 2 rings (SSSR count). The average Bonchev–Trinajstić information content (AvgIpc) is 2.69. The Bertz CT molecular complexity index is 330. The van der Waals surface area contributed by atoms with Crippen LogP contribution >= 0.6 is 15.9 Å². The van der Waals surface area contributed by atoms with Gasteiger partial charge in [0.25, 0.3) is 0 Å². The van der Waals surface area contributed by atoms with Crippen molar-refractivity contribution in [3.8, 4) is 5.75 Å². The molecular weight excluding hydrogens is 266 g/mol. The Kier molecular flexibility index (Phi) is 3.87. The van der Waals surface area contributed by atoms with E-state index in [2.05, 4.69) is 15.9 Å². The molecule has 0 aromatic heterocycles. The predicted octanol–water partition coefficient (Wildman–Crippen LogP) is 3.49. The van der Waals surface area contributed by atoms with Crippen molar-refractivity contribution >= 4 is 15.9 Å². The van der Waals surface area contributed by atoms with Crippen molar-refractivity contribution in [2.75, 3.05) is 6.61 Å². The summed E-state index contributed by atoms with van der Waals surface area (Å²) in [5.74, 6) is 0.921. The van der Waals surface area contributed by atoms with E-state index >= 15 is 0 Å². The molecule has 1 saturated carbocycles. The summed E-state index contributed by atoms with van der Waals surface area (Å²) in [6, 6.07) is 7.93. The molecule has 2 nitrogen and oxygen atoms in total. The first-order valence-corrected chi connectivity index (χ1v) is 6.65. The van der Waals surface area contributed by atoms with Crippen LogP contribution in [-0.2, 0) is 0 Å². The third-order valence-electron chi connectivity index (χ3n) is 3.28. The molecule has 16 heavy (non-hydrogen) atoms. The molecule has 0 spiro atoms. The molecule has 1 aromatic carbocycles. The monoisotopic (exact) mass is 283 g/mol. The third kappa shape index (κ3) is 3.22. The van der Waals surface area contributed by atoms with Crippen LogP contribution in [0.5, 0.6) is 5.75 Å². The van der Waals surface area contributed by atoms with Crippen LogP contribution in [0, 0.1) is 0 Å². The van der Waals surface area contributed by atoms with Gasteiger partial charge in [-0.05, 0) is 43.5 Å². The highest BCUT2D eigenvalue weighted by Gasteiger charge is 2.28. The Morgan fingerprint density at radius 1 is 1.19 bits per heavy atom. The molecular formula is C13H18BrNO. The Morgan fingerprint density at radius 3 is 2.44 bits per heavy atom. The standard InChI is InChI=1S/C13H18BrNO/c14-11-3-5-12(6-4-11)16-10-9-13(15)7-1-2-8-13/h3-6H,1-2,7-10,15H2.